The Kier molecular flexibility index (Phi) is 3.14. The molecule has 0 spiro atoms. The number of anilines is 1. The Balaban J connectivity index is 2.00. The van der Waals surface area contributed by atoms with Crippen LogP contribution < -0.4 is 11.5 Å². The van der Waals surface area contributed by atoms with E-state index in [2.05, 4.69) is 4.98 Å². The molecular weight excluding hydrogens is 292 g/mol. The van der Waals surface area contributed by atoms with E-state index in [-0.39, 0.29) is 11.4 Å². The van der Waals surface area contributed by atoms with Crippen LogP contribution in [0, 0.1) is 5.92 Å². The number of nitrogens with two attached hydrogens (primary N) is 2. The van der Waals surface area contributed by atoms with Crippen molar-refractivity contribution in [3.8, 4) is 0 Å². The average Bonchev–Trinajstić information content (AvgIpc) is 3.05. The summed E-state index contributed by atoms with van der Waals surface area (Å²) >= 11 is 0. The molecule has 8 heteroatoms. The van der Waals surface area contributed by atoms with Crippen LogP contribution in [0.25, 0.3) is 10.9 Å². The number of nitrogens with zero attached hydrogens (tertiary/aromatic N) is 1. The highest BCUT2D eigenvalue weighted by molar-refractivity contribution is 7.89. The highest BCUT2D eigenvalue weighted by Gasteiger charge is 2.36. The molecule has 0 saturated carbocycles. The monoisotopic (exact) mass is 308 g/mol. The lowest BCUT2D eigenvalue weighted by Gasteiger charge is -2.15. The van der Waals surface area contributed by atoms with E-state index in [9.17, 15) is 13.2 Å². The van der Waals surface area contributed by atoms with Crippen LogP contribution in [-0.2, 0) is 14.8 Å². The molecule has 1 amide bonds. The fourth-order valence-electron chi connectivity index (χ4n) is 2.65. The molecule has 2 aromatic rings. The summed E-state index contributed by atoms with van der Waals surface area (Å²) in [6.07, 6.45) is 1.92. The Morgan fingerprint density at radius 1 is 1.38 bits per heavy atom. The molecule has 1 aromatic heterocycles. The number of amides is 1. The maximum Gasteiger partial charge on any atom is 0.245 e. The molecule has 0 radical (unpaired) electrons. The van der Waals surface area contributed by atoms with Crippen molar-refractivity contribution in [1.29, 1.82) is 0 Å². The third-order valence-electron chi connectivity index (χ3n) is 3.84. The minimum Gasteiger partial charge on any atom is -0.399 e. The van der Waals surface area contributed by atoms with E-state index in [4.69, 9.17) is 11.5 Å². The molecule has 1 aromatic carbocycles. The van der Waals surface area contributed by atoms with Crippen LogP contribution in [0.3, 0.4) is 0 Å². The molecule has 1 saturated heterocycles. The first-order valence-electron chi connectivity index (χ1n) is 6.55. The van der Waals surface area contributed by atoms with Gasteiger partial charge in [-0.15, -0.1) is 0 Å². The van der Waals surface area contributed by atoms with E-state index in [0.29, 0.717) is 29.6 Å². The van der Waals surface area contributed by atoms with Gasteiger partial charge in [0.05, 0.1) is 5.92 Å². The molecule has 0 aliphatic carbocycles. The summed E-state index contributed by atoms with van der Waals surface area (Å²) in [5.74, 6) is -0.875. The van der Waals surface area contributed by atoms with Crippen molar-refractivity contribution in [2.24, 2.45) is 11.7 Å². The molecule has 5 N–H and O–H groups in total. The highest BCUT2D eigenvalue weighted by atomic mass is 32.2. The van der Waals surface area contributed by atoms with Crippen molar-refractivity contribution < 1.29 is 13.2 Å². The number of nitrogens with one attached hydrogen (secondary N) is 1. The van der Waals surface area contributed by atoms with E-state index in [1.54, 1.807) is 18.2 Å². The molecule has 1 fully saturated rings. The standard InChI is InChI=1S/C13H16N4O3S/c14-9-1-2-10-11(5-9)16-6-12(10)21(19,20)17-4-3-8(7-17)13(15)18/h1-2,5-6,8,16H,3-4,7,14H2,(H2,15,18). The molecule has 112 valence electrons. The average molecular weight is 308 g/mol. The maximum absolute atomic E-state index is 12.7. The lowest BCUT2D eigenvalue weighted by molar-refractivity contribution is -0.121. The molecule has 3 rings (SSSR count). The van der Waals surface area contributed by atoms with Crippen LogP contribution >= 0.6 is 0 Å². The topological polar surface area (TPSA) is 122 Å². The van der Waals surface area contributed by atoms with Gasteiger partial charge in [0.15, 0.2) is 0 Å². The molecular formula is C13H16N4O3S. The summed E-state index contributed by atoms with van der Waals surface area (Å²) in [4.78, 5) is 14.3. The van der Waals surface area contributed by atoms with Gasteiger partial charge >= 0.3 is 0 Å². The van der Waals surface area contributed by atoms with Crippen LogP contribution in [0.2, 0.25) is 0 Å². The van der Waals surface area contributed by atoms with Crippen LogP contribution in [0.4, 0.5) is 5.69 Å². The van der Waals surface area contributed by atoms with E-state index >= 15 is 0 Å². The molecule has 1 aliphatic rings. The normalized spacial score (nSPS) is 20.1. The molecule has 7 nitrogen and oxygen atoms in total. The largest absolute Gasteiger partial charge is 0.399 e. The zero-order valence-electron chi connectivity index (χ0n) is 11.2. The molecule has 1 unspecified atom stereocenters. The van der Waals surface area contributed by atoms with Crippen molar-refractivity contribution in [1.82, 2.24) is 9.29 Å². The zero-order valence-corrected chi connectivity index (χ0v) is 12.1. The second-order valence-corrected chi connectivity index (χ2v) is 7.12. The maximum atomic E-state index is 12.7. The van der Waals surface area contributed by atoms with E-state index in [1.165, 1.54) is 10.5 Å². The van der Waals surface area contributed by atoms with Gasteiger partial charge in [-0.25, -0.2) is 8.42 Å². The molecule has 2 heterocycles. The van der Waals surface area contributed by atoms with Crippen molar-refractivity contribution in [2.45, 2.75) is 11.3 Å². The molecule has 0 bridgehead atoms. The van der Waals surface area contributed by atoms with E-state index < -0.39 is 21.8 Å². The lowest BCUT2D eigenvalue weighted by atomic mass is 10.1. The first-order chi connectivity index (χ1) is 9.89. The Bertz CT molecular complexity index is 812. The third-order valence-corrected chi connectivity index (χ3v) is 5.74. The van der Waals surface area contributed by atoms with Gasteiger partial charge in [0, 0.05) is 35.9 Å². The molecule has 1 aliphatic heterocycles. The number of primary amides is 1. The number of fused-ring (bicyclic) bond motifs is 1. The minimum atomic E-state index is -3.65. The van der Waals surface area contributed by atoms with Gasteiger partial charge < -0.3 is 16.5 Å². The second kappa shape index (κ2) is 4.74. The predicted molar refractivity (Wildman–Crippen MR) is 78.8 cm³/mol. The summed E-state index contributed by atoms with van der Waals surface area (Å²) in [6.45, 7) is 0.441. The Hall–Kier alpha value is -2.06. The Morgan fingerprint density at radius 3 is 2.81 bits per heavy atom. The SMILES string of the molecule is NC(=O)C1CCN(S(=O)(=O)c2c[nH]c3cc(N)ccc23)C1. The highest BCUT2D eigenvalue weighted by Crippen LogP contribution is 2.30. The van der Waals surface area contributed by atoms with Gasteiger partial charge in [-0.1, -0.05) is 0 Å². The van der Waals surface area contributed by atoms with Crippen LogP contribution in [0.5, 0.6) is 0 Å². The van der Waals surface area contributed by atoms with Gasteiger partial charge in [-0.05, 0) is 24.6 Å². The number of sulfonamides is 1. The zero-order chi connectivity index (χ0) is 15.2. The summed E-state index contributed by atoms with van der Waals surface area (Å²) in [5, 5.41) is 0.590. The van der Waals surface area contributed by atoms with Crippen LogP contribution in [-0.4, -0.2) is 36.7 Å². The predicted octanol–water partition coefficient (Wildman–Crippen LogP) is 0.246. The van der Waals surface area contributed by atoms with Gasteiger partial charge in [0.25, 0.3) is 0 Å². The number of H-pyrrole nitrogens is 1. The number of aromatic nitrogens is 1. The number of carbonyl (C=O) groups excluding carboxylic acids is 1. The van der Waals surface area contributed by atoms with Gasteiger partial charge in [0.1, 0.15) is 4.90 Å². The van der Waals surface area contributed by atoms with Crippen LogP contribution in [0.1, 0.15) is 6.42 Å². The second-order valence-electron chi connectivity index (χ2n) is 5.21. The summed E-state index contributed by atoms with van der Waals surface area (Å²) < 4.78 is 26.7. The van der Waals surface area contributed by atoms with E-state index in [0.717, 1.165) is 0 Å². The molecule has 21 heavy (non-hydrogen) atoms. The van der Waals surface area contributed by atoms with Crippen molar-refractivity contribution >= 4 is 32.5 Å². The number of hydrogen-bond acceptors (Lipinski definition) is 4. The smallest absolute Gasteiger partial charge is 0.245 e. The number of carbonyl (C=O) groups is 1. The Labute approximate surface area is 122 Å². The summed E-state index contributed by atoms with van der Waals surface area (Å²) in [5.41, 5.74) is 12.2. The minimum absolute atomic E-state index is 0.138. The molecule has 1 atom stereocenters. The van der Waals surface area contributed by atoms with E-state index in [1.807, 2.05) is 0 Å². The van der Waals surface area contributed by atoms with Gasteiger partial charge in [-0.2, -0.15) is 4.31 Å². The summed E-state index contributed by atoms with van der Waals surface area (Å²) in [7, 11) is -3.65. The fourth-order valence-corrected chi connectivity index (χ4v) is 4.31. The Morgan fingerprint density at radius 2 is 2.14 bits per heavy atom. The van der Waals surface area contributed by atoms with Gasteiger partial charge in [0.2, 0.25) is 15.9 Å². The van der Waals surface area contributed by atoms with Gasteiger partial charge in [-0.3, -0.25) is 4.79 Å². The van der Waals surface area contributed by atoms with Crippen molar-refractivity contribution in [2.75, 3.05) is 18.8 Å². The quantitative estimate of drug-likeness (QED) is 0.703. The van der Waals surface area contributed by atoms with Crippen LogP contribution in [0.15, 0.2) is 29.3 Å². The lowest BCUT2D eigenvalue weighted by Crippen LogP contribution is -2.31. The number of rotatable bonds is 3. The van der Waals surface area contributed by atoms with Crippen molar-refractivity contribution in [3.05, 3.63) is 24.4 Å². The number of hydrogen-bond donors (Lipinski definition) is 3. The number of aromatic amines is 1. The fraction of sp³-hybridized carbons (Fsp3) is 0.308. The van der Waals surface area contributed by atoms with Crippen molar-refractivity contribution in [3.63, 3.8) is 0 Å². The third kappa shape index (κ3) is 2.26. The first-order valence-corrected chi connectivity index (χ1v) is 7.99. The first kappa shape index (κ1) is 13.9. The summed E-state index contributed by atoms with van der Waals surface area (Å²) in [6, 6.07) is 5.02. The number of nitrogen functional groups attached to an aromatic ring is 1. The number of benzene rings is 1.